The summed E-state index contributed by atoms with van der Waals surface area (Å²) in [5.74, 6) is -0.107. The van der Waals surface area contributed by atoms with Crippen LogP contribution in [0.5, 0.6) is 0 Å². The number of hydrogen-bond acceptors (Lipinski definition) is 4. The number of aromatic carboxylic acids is 1. The minimum absolute atomic E-state index is 0.265. The summed E-state index contributed by atoms with van der Waals surface area (Å²) in [6, 6.07) is 14.8. The number of imidazole rings is 1. The van der Waals surface area contributed by atoms with Crippen molar-refractivity contribution in [1.82, 2.24) is 14.5 Å². The van der Waals surface area contributed by atoms with Crippen LogP contribution >= 0.6 is 11.3 Å². The zero-order valence-electron chi connectivity index (χ0n) is 14.9. The second kappa shape index (κ2) is 6.81. The molecular formula is C21H17N3O2S. The van der Waals surface area contributed by atoms with E-state index in [2.05, 4.69) is 9.55 Å². The number of carboxylic acids is 1. The third-order valence-corrected chi connectivity index (χ3v) is 5.34. The maximum Gasteiger partial charge on any atom is 0.335 e. The zero-order valence-corrected chi connectivity index (χ0v) is 15.7. The van der Waals surface area contributed by atoms with Crippen molar-refractivity contribution in [3.63, 3.8) is 0 Å². The van der Waals surface area contributed by atoms with Crippen LogP contribution < -0.4 is 0 Å². The van der Waals surface area contributed by atoms with E-state index in [4.69, 9.17) is 10.1 Å². The van der Waals surface area contributed by atoms with E-state index in [9.17, 15) is 4.79 Å². The highest BCUT2D eigenvalue weighted by Crippen LogP contribution is 2.30. The summed E-state index contributed by atoms with van der Waals surface area (Å²) in [6.07, 6.45) is 2.01. The van der Waals surface area contributed by atoms with Crippen molar-refractivity contribution < 1.29 is 9.90 Å². The van der Waals surface area contributed by atoms with E-state index in [1.54, 1.807) is 35.6 Å². The molecule has 0 unspecified atom stereocenters. The molecule has 0 bridgehead atoms. The van der Waals surface area contributed by atoms with Gasteiger partial charge < -0.3 is 9.67 Å². The minimum atomic E-state index is -0.934. The number of rotatable bonds is 4. The van der Waals surface area contributed by atoms with Gasteiger partial charge in [0.2, 0.25) is 0 Å². The smallest absolute Gasteiger partial charge is 0.335 e. The van der Waals surface area contributed by atoms with Gasteiger partial charge in [-0.1, -0.05) is 24.3 Å². The standard InChI is InChI=1S/C21H17N3O2S/c1-13-12-27-20(22-13)16(11-14-7-9-15(10-8-14)21(25)26)19-23-17-5-3-4-6-18(17)24(19)2/h3-12H,1-2H3,(H,25,26). The monoisotopic (exact) mass is 375 g/mol. The van der Waals surface area contributed by atoms with Crippen molar-refractivity contribution >= 4 is 40.0 Å². The molecule has 0 fully saturated rings. The number of thiazole rings is 1. The second-order valence-corrected chi connectivity index (χ2v) is 7.12. The molecule has 2 heterocycles. The van der Waals surface area contributed by atoms with Crippen LogP contribution in [0.3, 0.4) is 0 Å². The van der Waals surface area contributed by atoms with Gasteiger partial charge in [-0.3, -0.25) is 0 Å². The van der Waals surface area contributed by atoms with Crippen molar-refractivity contribution in [2.24, 2.45) is 7.05 Å². The predicted molar refractivity (Wildman–Crippen MR) is 108 cm³/mol. The third kappa shape index (κ3) is 3.27. The Bertz CT molecular complexity index is 1170. The van der Waals surface area contributed by atoms with E-state index < -0.39 is 5.97 Å². The number of aromatic nitrogens is 3. The lowest BCUT2D eigenvalue weighted by Crippen LogP contribution is -1.99. The van der Waals surface area contributed by atoms with E-state index in [1.165, 1.54) is 0 Å². The number of aryl methyl sites for hydroxylation is 2. The Balaban J connectivity index is 1.89. The normalized spacial score (nSPS) is 11.9. The van der Waals surface area contributed by atoms with Gasteiger partial charge in [-0.15, -0.1) is 11.3 Å². The zero-order chi connectivity index (χ0) is 19.0. The number of hydrogen-bond donors (Lipinski definition) is 1. The molecule has 5 nitrogen and oxygen atoms in total. The number of carbonyl (C=O) groups is 1. The predicted octanol–water partition coefficient (Wildman–Crippen LogP) is 4.63. The van der Waals surface area contributed by atoms with Gasteiger partial charge in [-0.05, 0) is 42.8 Å². The SMILES string of the molecule is Cc1csc(C(=Cc2ccc(C(=O)O)cc2)c2nc3ccccc3n2C)n1. The van der Waals surface area contributed by atoms with E-state index in [1.807, 2.05) is 49.7 Å². The molecule has 1 N–H and O–H groups in total. The molecule has 0 aliphatic rings. The second-order valence-electron chi connectivity index (χ2n) is 6.26. The third-order valence-electron chi connectivity index (χ3n) is 4.35. The molecule has 0 radical (unpaired) electrons. The first-order valence-electron chi connectivity index (χ1n) is 8.42. The molecule has 0 aliphatic heterocycles. The Morgan fingerprint density at radius 2 is 1.85 bits per heavy atom. The molecule has 6 heteroatoms. The summed E-state index contributed by atoms with van der Waals surface area (Å²) in [6.45, 7) is 1.97. The van der Waals surface area contributed by atoms with Gasteiger partial charge in [0.05, 0.1) is 22.2 Å². The molecule has 2 aromatic carbocycles. The summed E-state index contributed by atoms with van der Waals surface area (Å²) >= 11 is 1.57. The summed E-state index contributed by atoms with van der Waals surface area (Å²) in [5.41, 5.74) is 5.01. The molecule has 0 saturated heterocycles. The first-order chi connectivity index (χ1) is 13.0. The molecule has 0 amide bonds. The fraction of sp³-hybridized carbons (Fsp3) is 0.0952. The molecule has 134 valence electrons. The van der Waals surface area contributed by atoms with E-state index in [0.29, 0.717) is 0 Å². The molecule has 27 heavy (non-hydrogen) atoms. The number of carboxylic acid groups (broad SMARTS) is 1. The topological polar surface area (TPSA) is 68.0 Å². The largest absolute Gasteiger partial charge is 0.478 e. The van der Waals surface area contributed by atoms with Gasteiger partial charge in [0, 0.05) is 18.1 Å². The first kappa shape index (κ1) is 17.2. The Kier molecular flexibility index (Phi) is 4.33. The first-order valence-corrected chi connectivity index (χ1v) is 9.30. The van der Waals surface area contributed by atoms with Gasteiger partial charge in [0.15, 0.2) is 0 Å². The van der Waals surface area contributed by atoms with Crippen LogP contribution in [-0.4, -0.2) is 25.6 Å². The van der Waals surface area contributed by atoms with E-state index >= 15 is 0 Å². The minimum Gasteiger partial charge on any atom is -0.478 e. The number of nitrogens with zero attached hydrogens (tertiary/aromatic N) is 3. The Labute approximate surface area is 160 Å². The van der Waals surface area contributed by atoms with E-state index in [0.717, 1.165) is 38.7 Å². The summed E-state index contributed by atoms with van der Waals surface area (Å²) < 4.78 is 2.06. The molecule has 2 aromatic heterocycles. The van der Waals surface area contributed by atoms with Gasteiger partial charge in [0.25, 0.3) is 0 Å². The quantitative estimate of drug-likeness (QED) is 0.565. The van der Waals surface area contributed by atoms with Crippen LogP contribution in [0, 0.1) is 6.92 Å². The maximum absolute atomic E-state index is 11.1. The van der Waals surface area contributed by atoms with Crippen LogP contribution in [0.15, 0.2) is 53.9 Å². The molecule has 0 saturated carbocycles. The Morgan fingerprint density at radius 1 is 1.11 bits per heavy atom. The highest BCUT2D eigenvalue weighted by atomic mass is 32.1. The molecular weight excluding hydrogens is 358 g/mol. The van der Waals surface area contributed by atoms with Crippen molar-refractivity contribution in [2.75, 3.05) is 0 Å². The van der Waals surface area contributed by atoms with Crippen molar-refractivity contribution in [3.05, 3.63) is 81.6 Å². The van der Waals surface area contributed by atoms with Gasteiger partial charge >= 0.3 is 5.97 Å². The number of para-hydroxylation sites is 2. The van der Waals surface area contributed by atoms with Gasteiger partial charge in [0.1, 0.15) is 10.8 Å². The molecule has 0 atom stereocenters. The highest BCUT2D eigenvalue weighted by molar-refractivity contribution is 7.11. The van der Waals surface area contributed by atoms with Crippen LogP contribution in [-0.2, 0) is 7.05 Å². The van der Waals surface area contributed by atoms with Gasteiger partial charge in [-0.2, -0.15) is 0 Å². The lowest BCUT2D eigenvalue weighted by Gasteiger charge is -2.06. The van der Waals surface area contributed by atoms with E-state index in [-0.39, 0.29) is 5.56 Å². The van der Waals surface area contributed by atoms with Crippen molar-refractivity contribution in [3.8, 4) is 0 Å². The Hall–Kier alpha value is -3.25. The lowest BCUT2D eigenvalue weighted by atomic mass is 10.1. The molecule has 4 rings (SSSR count). The van der Waals surface area contributed by atoms with Crippen LogP contribution in [0.1, 0.15) is 32.4 Å². The molecule has 4 aromatic rings. The maximum atomic E-state index is 11.1. The fourth-order valence-corrected chi connectivity index (χ4v) is 3.78. The van der Waals surface area contributed by atoms with Crippen LogP contribution in [0.4, 0.5) is 0 Å². The van der Waals surface area contributed by atoms with Crippen LogP contribution in [0.25, 0.3) is 22.7 Å². The summed E-state index contributed by atoms with van der Waals surface area (Å²) in [5, 5.41) is 12.0. The van der Waals surface area contributed by atoms with Crippen molar-refractivity contribution in [1.29, 1.82) is 0 Å². The average Bonchev–Trinajstić information content (AvgIpc) is 3.24. The average molecular weight is 375 g/mol. The van der Waals surface area contributed by atoms with Crippen LogP contribution in [0.2, 0.25) is 0 Å². The number of fused-ring (bicyclic) bond motifs is 1. The summed E-state index contributed by atoms with van der Waals surface area (Å²) in [4.78, 5) is 20.5. The van der Waals surface area contributed by atoms with Crippen molar-refractivity contribution in [2.45, 2.75) is 6.92 Å². The van der Waals surface area contributed by atoms with Gasteiger partial charge in [-0.25, -0.2) is 14.8 Å². The molecule has 0 aliphatic carbocycles. The Morgan fingerprint density at radius 3 is 2.48 bits per heavy atom. The fourth-order valence-electron chi connectivity index (χ4n) is 2.97. The highest BCUT2D eigenvalue weighted by Gasteiger charge is 2.17. The lowest BCUT2D eigenvalue weighted by molar-refractivity contribution is 0.0697. The molecule has 0 spiro atoms. The summed E-state index contributed by atoms with van der Waals surface area (Å²) in [7, 11) is 1.99. The number of benzene rings is 2.